The maximum atomic E-state index is 12.2. The van der Waals surface area contributed by atoms with Crippen LogP contribution in [0.5, 0.6) is 11.5 Å². The molecule has 0 atom stereocenters. The molecule has 1 aromatic rings. The van der Waals surface area contributed by atoms with E-state index < -0.39 is 0 Å². The quantitative estimate of drug-likeness (QED) is 0.113. The summed E-state index contributed by atoms with van der Waals surface area (Å²) in [6.45, 7) is 4.40. The summed E-state index contributed by atoms with van der Waals surface area (Å²) in [6.07, 6.45) is 16.7. The van der Waals surface area contributed by atoms with Gasteiger partial charge in [0.05, 0.1) is 0 Å². The van der Waals surface area contributed by atoms with Crippen molar-refractivity contribution in [2.75, 3.05) is 5.73 Å². The van der Waals surface area contributed by atoms with Gasteiger partial charge in [0.15, 0.2) is 11.5 Å². The first-order chi connectivity index (χ1) is 15.1. The Morgan fingerprint density at radius 1 is 0.645 bits per heavy atom. The molecule has 176 valence electrons. The number of hydrogen-bond donors (Lipinski definition) is 1. The third kappa shape index (κ3) is 13.8. The van der Waals surface area contributed by atoms with Gasteiger partial charge in [-0.2, -0.15) is 0 Å². The Morgan fingerprint density at radius 3 is 1.55 bits per heavy atom. The van der Waals surface area contributed by atoms with Crippen molar-refractivity contribution in [2.24, 2.45) is 0 Å². The zero-order valence-corrected chi connectivity index (χ0v) is 19.8. The first-order valence-electron chi connectivity index (χ1n) is 12.4. The minimum Gasteiger partial charge on any atom is -0.423 e. The molecule has 0 aliphatic carbocycles. The molecule has 0 aliphatic rings. The van der Waals surface area contributed by atoms with Gasteiger partial charge in [0.25, 0.3) is 0 Å². The molecule has 0 unspecified atom stereocenters. The molecule has 1 aromatic carbocycles. The van der Waals surface area contributed by atoms with Gasteiger partial charge in [-0.05, 0) is 25.0 Å². The van der Waals surface area contributed by atoms with Crippen LogP contribution in [0.25, 0.3) is 0 Å². The predicted molar refractivity (Wildman–Crippen MR) is 127 cm³/mol. The number of esters is 2. The highest BCUT2D eigenvalue weighted by atomic mass is 16.6. The third-order valence-corrected chi connectivity index (χ3v) is 5.38. The molecule has 0 aliphatic heterocycles. The molecule has 0 amide bonds. The number of nitrogens with two attached hydrogens (primary N) is 1. The van der Waals surface area contributed by atoms with E-state index in [2.05, 4.69) is 13.8 Å². The van der Waals surface area contributed by atoms with Crippen molar-refractivity contribution < 1.29 is 19.1 Å². The number of hydrogen-bond acceptors (Lipinski definition) is 5. The number of carbonyl (C=O) groups is 2. The lowest BCUT2D eigenvalue weighted by Crippen LogP contribution is -2.12. The Balaban J connectivity index is 2.36. The van der Waals surface area contributed by atoms with Crippen LogP contribution in [-0.4, -0.2) is 11.9 Å². The van der Waals surface area contributed by atoms with Crippen LogP contribution in [0.1, 0.15) is 117 Å². The zero-order valence-electron chi connectivity index (χ0n) is 19.8. The van der Waals surface area contributed by atoms with Crippen molar-refractivity contribution in [3.8, 4) is 11.5 Å². The number of anilines is 1. The maximum Gasteiger partial charge on any atom is 0.311 e. The second-order valence-electron chi connectivity index (χ2n) is 8.40. The Labute approximate surface area is 189 Å². The average molecular weight is 434 g/mol. The molecule has 0 heterocycles. The highest BCUT2D eigenvalue weighted by molar-refractivity contribution is 5.76. The first kappa shape index (κ1) is 27.0. The molecule has 0 aromatic heterocycles. The van der Waals surface area contributed by atoms with Crippen LogP contribution in [0, 0.1) is 0 Å². The van der Waals surface area contributed by atoms with E-state index in [-0.39, 0.29) is 23.4 Å². The van der Waals surface area contributed by atoms with Crippen LogP contribution in [-0.2, 0) is 9.59 Å². The van der Waals surface area contributed by atoms with Gasteiger partial charge in [-0.15, -0.1) is 0 Å². The predicted octanol–water partition coefficient (Wildman–Crippen LogP) is 7.36. The van der Waals surface area contributed by atoms with Gasteiger partial charge in [-0.25, -0.2) is 0 Å². The SMILES string of the molecule is CCCCCCCCCC(=O)Oc1ccc(N)cc1OC(=O)CCCCCCCCC. The van der Waals surface area contributed by atoms with Crippen LogP contribution in [0.15, 0.2) is 18.2 Å². The van der Waals surface area contributed by atoms with E-state index in [0.717, 1.165) is 38.5 Å². The lowest BCUT2D eigenvalue weighted by Gasteiger charge is -2.11. The van der Waals surface area contributed by atoms with Crippen LogP contribution in [0.4, 0.5) is 5.69 Å². The minimum atomic E-state index is -0.316. The van der Waals surface area contributed by atoms with Gasteiger partial charge >= 0.3 is 11.9 Å². The van der Waals surface area contributed by atoms with E-state index >= 15 is 0 Å². The van der Waals surface area contributed by atoms with E-state index in [0.29, 0.717) is 18.5 Å². The lowest BCUT2D eigenvalue weighted by atomic mass is 10.1. The Bertz CT molecular complexity index is 630. The second kappa shape index (κ2) is 17.6. The van der Waals surface area contributed by atoms with Gasteiger partial charge in [-0.1, -0.05) is 90.9 Å². The van der Waals surface area contributed by atoms with Crippen molar-refractivity contribution >= 4 is 17.6 Å². The van der Waals surface area contributed by atoms with Crippen molar-refractivity contribution in [3.63, 3.8) is 0 Å². The molecule has 0 saturated carbocycles. The fourth-order valence-corrected chi connectivity index (χ4v) is 3.49. The summed E-state index contributed by atoms with van der Waals surface area (Å²) in [5, 5.41) is 0. The van der Waals surface area contributed by atoms with E-state index in [1.807, 2.05) is 0 Å². The Hall–Kier alpha value is -2.04. The van der Waals surface area contributed by atoms with Crippen LogP contribution in [0.3, 0.4) is 0 Å². The van der Waals surface area contributed by atoms with Crippen LogP contribution >= 0.6 is 0 Å². The molecule has 5 nitrogen and oxygen atoms in total. The molecular formula is C26H43NO4. The Kier molecular flexibility index (Phi) is 15.3. The Morgan fingerprint density at radius 2 is 1.06 bits per heavy atom. The molecule has 0 bridgehead atoms. The fraction of sp³-hybridized carbons (Fsp3) is 0.692. The van der Waals surface area contributed by atoms with E-state index in [1.165, 1.54) is 51.4 Å². The fourth-order valence-electron chi connectivity index (χ4n) is 3.49. The molecule has 0 fully saturated rings. The normalized spacial score (nSPS) is 10.8. The summed E-state index contributed by atoms with van der Waals surface area (Å²) in [5.41, 5.74) is 6.29. The monoisotopic (exact) mass is 433 g/mol. The average Bonchev–Trinajstić information content (AvgIpc) is 2.74. The van der Waals surface area contributed by atoms with E-state index in [4.69, 9.17) is 15.2 Å². The topological polar surface area (TPSA) is 78.6 Å². The molecule has 0 saturated heterocycles. The number of unbranched alkanes of at least 4 members (excludes halogenated alkanes) is 12. The molecule has 0 spiro atoms. The summed E-state index contributed by atoms with van der Waals surface area (Å²) < 4.78 is 10.9. The minimum absolute atomic E-state index is 0.223. The molecule has 2 N–H and O–H groups in total. The smallest absolute Gasteiger partial charge is 0.311 e. The molecular weight excluding hydrogens is 390 g/mol. The van der Waals surface area contributed by atoms with Gasteiger partial charge in [0.1, 0.15) is 0 Å². The number of carbonyl (C=O) groups excluding carboxylic acids is 2. The van der Waals surface area contributed by atoms with Crippen molar-refractivity contribution in [1.29, 1.82) is 0 Å². The summed E-state index contributed by atoms with van der Waals surface area (Å²) in [7, 11) is 0. The number of nitrogen functional groups attached to an aromatic ring is 1. The summed E-state index contributed by atoms with van der Waals surface area (Å²) >= 11 is 0. The summed E-state index contributed by atoms with van der Waals surface area (Å²) in [6, 6.07) is 4.78. The number of ether oxygens (including phenoxy) is 2. The maximum absolute atomic E-state index is 12.2. The zero-order chi connectivity index (χ0) is 22.7. The van der Waals surface area contributed by atoms with Gasteiger partial charge < -0.3 is 15.2 Å². The van der Waals surface area contributed by atoms with Crippen molar-refractivity contribution in [2.45, 2.75) is 117 Å². The lowest BCUT2D eigenvalue weighted by molar-refractivity contribution is -0.137. The largest absolute Gasteiger partial charge is 0.423 e. The summed E-state index contributed by atoms with van der Waals surface area (Å²) in [4.78, 5) is 24.4. The van der Waals surface area contributed by atoms with Gasteiger partial charge in [-0.3, -0.25) is 9.59 Å². The highest BCUT2D eigenvalue weighted by Crippen LogP contribution is 2.30. The highest BCUT2D eigenvalue weighted by Gasteiger charge is 2.14. The number of benzene rings is 1. The van der Waals surface area contributed by atoms with E-state index in [1.54, 1.807) is 18.2 Å². The number of rotatable bonds is 18. The van der Waals surface area contributed by atoms with Crippen molar-refractivity contribution in [1.82, 2.24) is 0 Å². The second-order valence-corrected chi connectivity index (χ2v) is 8.40. The molecule has 0 radical (unpaired) electrons. The first-order valence-corrected chi connectivity index (χ1v) is 12.4. The van der Waals surface area contributed by atoms with Gasteiger partial charge in [0, 0.05) is 24.6 Å². The molecule has 5 heteroatoms. The molecule has 1 rings (SSSR count). The van der Waals surface area contributed by atoms with Gasteiger partial charge in [0.2, 0.25) is 0 Å². The molecule has 31 heavy (non-hydrogen) atoms. The summed E-state index contributed by atoms with van der Waals surface area (Å²) in [5.74, 6) is -0.137. The van der Waals surface area contributed by atoms with Crippen molar-refractivity contribution in [3.05, 3.63) is 18.2 Å². The third-order valence-electron chi connectivity index (χ3n) is 5.38. The van der Waals surface area contributed by atoms with Crippen LogP contribution < -0.4 is 15.2 Å². The standard InChI is InChI=1S/C26H43NO4/c1-3-5-7-9-11-13-15-17-25(28)30-23-20-19-22(27)21-24(23)31-26(29)18-16-14-12-10-8-6-4-2/h19-21H,3-18,27H2,1-2H3. The van der Waals surface area contributed by atoms with E-state index in [9.17, 15) is 9.59 Å². The van der Waals surface area contributed by atoms with Crippen LogP contribution in [0.2, 0.25) is 0 Å².